The molecule has 2 fully saturated rings. The maximum absolute atomic E-state index is 13.0. The van der Waals surface area contributed by atoms with Crippen LogP contribution in [0.2, 0.25) is 0 Å². The molecule has 6 heterocycles. The van der Waals surface area contributed by atoms with E-state index in [4.69, 9.17) is 4.52 Å². The Morgan fingerprint density at radius 3 is 2.91 bits per heavy atom. The predicted octanol–water partition coefficient (Wildman–Crippen LogP) is 3.53. The normalized spacial score (nSPS) is 25.8. The first-order valence-corrected chi connectivity index (χ1v) is 12.4. The molecule has 1 atom stereocenters. The van der Waals surface area contributed by atoms with Crippen molar-refractivity contribution in [2.75, 3.05) is 37.8 Å². The van der Waals surface area contributed by atoms with Crippen molar-refractivity contribution in [3.05, 3.63) is 71.9 Å². The van der Waals surface area contributed by atoms with Crippen molar-refractivity contribution in [1.29, 1.82) is 0 Å². The zero-order valence-corrected chi connectivity index (χ0v) is 18.7. The van der Waals surface area contributed by atoms with Crippen LogP contribution in [0.1, 0.15) is 24.3 Å². The number of thioether (sulfide) groups is 1. The van der Waals surface area contributed by atoms with Crippen LogP contribution in [0.5, 0.6) is 0 Å². The number of carbonyl (C=O) groups excluding carboxylic acids is 1. The van der Waals surface area contributed by atoms with E-state index in [0.29, 0.717) is 10.5 Å². The van der Waals surface area contributed by atoms with Gasteiger partial charge >= 0.3 is 0 Å². The van der Waals surface area contributed by atoms with Crippen molar-refractivity contribution in [3.63, 3.8) is 0 Å². The van der Waals surface area contributed by atoms with Crippen LogP contribution in [0.25, 0.3) is 11.5 Å². The largest absolute Gasteiger partial charge is 0.354 e. The SMILES string of the molecule is O=C(C1=CC2=CC=C[N@@+]2(N2CCC(c3cnoc3-c3ccccn3)CC2)C1)N1CCSC1. The Morgan fingerprint density at radius 2 is 2.12 bits per heavy atom. The summed E-state index contributed by atoms with van der Waals surface area (Å²) < 4.78 is 6.24. The van der Waals surface area contributed by atoms with Crippen LogP contribution in [-0.2, 0) is 4.79 Å². The Kier molecular flexibility index (Phi) is 5.01. The molecular weight excluding hydrogens is 422 g/mol. The summed E-state index contributed by atoms with van der Waals surface area (Å²) >= 11 is 1.83. The van der Waals surface area contributed by atoms with Gasteiger partial charge in [0, 0.05) is 49.3 Å². The maximum atomic E-state index is 13.0. The molecule has 0 aromatic carbocycles. The van der Waals surface area contributed by atoms with E-state index in [1.54, 1.807) is 6.20 Å². The Hall–Kier alpha value is -2.68. The number of quaternary nitrogens is 1. The molecule has 164 valence electrons. The summed E-state index contributed by atoms with van der Waals surface area (Å²) in [4.78, 5) is 19.5. The highest BCUT2D eigenvalue weighted by Crippen LogP contribution is 2.41. The average molecular weight is 449 g/mol. The third-order valence-electron chi connectivity index (χ3n) is 7.01. The van der Waals surface area contributed by atoms with Crippen LogP contribution in [0.3, 0.4) is 0 Å². The lowest BCUT2D eigenvalue weighted by atomic mass is 9.89. The van der Waals surface area contributed by atoms with Crippen LogP contribution >= 0.6 is 11.8 Å². The zero-order chi connectivity index (χ0) is 21.5. The first kappa shape index (κ1) is 20.0. The molecular formula is C24H26N5O2S+. The Morgan fingerprint density at radius 1 is 1.22 bits per heavy atom. The van der Waals surface area contributed by atoms with Crippen molar-refractivity contribution >= 4 is 17.7 Å². The van der Waals surface area contributed by atoms with Crippen LogP contribution < -0.4 is 0 Å². The summed E-state index contributed by atoms with van der Waals surface area (Å²) in [6, 6.07) is 5.85. The monoisotopic (exact) mass is 448 g/mol. The van der Waals surface area contributed by atoms with Crippen LogP contribution in [0.4, 0.5) is 0 Å². The van der Waals surface area contributed by atoms with E-state index < -0.39 is 0 Å². The van der Waals surface area contributed by atoms with Crippen molar-refractivity contribution in [1.82, 2.24) is 20.0 Å². The number of piperidine rings is 1. The first-order valence-electron chi connectivity index (χ1n) is 11.2. The second kappa shape index (κ2) is 8.03. The Bertz CT molecular complexity index is 1110. The van der Waals surface area contributed by atoms with E-state index in [1.807, 2.05) is 41.1 Å². The number of carbonyl (C=O) groups is 1. The Labute approximate surface area is 191 Å². The summed E-state index contributed by atoms with van der Waals surface area (Å²) in [5.41, 5.74) is 4.13. The molecule has 0 aliphatic carbocycles. The van der Waals surface area contributed by atoms with Gasteiger partial charge in [0.05, 0.1) is 17.6 Å². The highest BCUT2D eigenvalue weighted by atomic mass is 32.2. The zero-order valence-electron chi connectivity index (χ0n) is 17.9. The molecule has 0 saturated carbocycles. The minimum atomic E-state index is 0.204. The lowest BCUT2D eigenvalue weighted by molar-refractivity contribution is -0.949. The van der Waals surface area contributed by atoms with Gasteiger partial charge in [-0.25, -0.2) is 0 Å². The number of pyridine rings is 1. The second-order valence-electron chi connectivity index (χ2n) is 8.75. The molecule has 0 radical (unpaired) electrons. The minimum absolute atomic E-state index is 0.204. The number of hydrogen-bond acceptors (Lipinski definition) is 6. The molecule has 0 bridgehead atoms. The van der Waals surface area contributed by atoms with Gasteiger partial charge in [0.2, 0.25) is 0 Å². The van der Waals surface area contributed by atoms with Crippen molar-refractivity contribution in [3.8, 4) is 11.5 Å². The number of nitrogens with zero attached hydrogens (tertiary/aromatic N) is 5. The van der Waals surface area contributed by atoms with Gasteiger partial charge in [-0.3, -0.25) is 9.78 Å². The fourth-order valence-corrected chi connectivity index (χ4v) is 6.26. The minimum Gasteiger partial charge on any atom is -0.354 e. The molecule has 32 heavy (non-hydrogen) atoms. The van der Waals surface area contributed by atoms with E-state index in [0.717, 1.165) is 73.2 Å². The highest BCUT2D eigenvalue weighted by Gasteiger charge is 2.48. The fraction of sp³-hybridized carbons (Fsp3) is 0.375. The van der Waals surface area contributed by atoms with Crippen molar-refractivity contribution in [2.24, 2.45) is 0 Å². The summed E-state index contributed by atoms with van der Waals surface area (Å²) in [6.45, 7) is 3.49. The van der Waals surface area contributed by atoms with Gasteiger partial charge in [0.15, 0.2) is 11.5 Å². The van der Waals surface area contributed by atoms with Gasteiger partial charge in [-0.05, 0) is 37.0 Å². The second-order valence-corrected chi connectivity index (χ2v) is 9.82. The van der Waals surface area contributed by atoms with E-state index in [-0.39, 0.29) is 5.91 Å². The standard InChI is InChI=1S/C24H26N5O2S/c30-24(27-11-13-32-17-27)19-14-20-4-3-12-29(20,16-19)28-9-6-18(7-10-28)21-15-26-31-23(21)22-5-1-2-8-25-22/h1-5,8,12,14-15,18H,6-7,9-11,13,16-17H2/q+1/t29-/m1/s1. The van der Waals surface area contributed by atoms with Crippen molar-refractivity contribution in [2.45, 2.75) is 18.8 Å². The van der Waals surface area contributed by atoms with Gasteiger partial charge in [0.1, 0.15) is 18.4 Å². The van der Waals surface area contributed by atoms with E-state index in [2.05, 4.69) is 39.6 Å². The molecule has 2 aromatic heterocycles. The molecule has 0 unspecified atom stereocenters. The number of rotatable bonds is 4. The molecule has 2 aromatic rings. The smallest absolute Gasteiger partial charge is 0.256 e. The van der Waals surface area contributed by atoms with E-state index >= 15 is 0 Å². The van der Waals surface area contributed by atoms with Crippen LogP contribution in [0.15, 0.2) is 70.8 Å². The van der Waals surface area contributed by atoms with Gasteiger partial charge < -0.3 is 9.42 Å². The number of allylic oxidation sites excluding steroid dienone is 3. The summed E-state index contributed by atoms with van der Waals surface area (Å²) in [5.74, 6) is 3.24. The maximum Gasteiger partial charge on any atom is 0.256 e. The van der Waals surface area contributed by atoms with Crippen LogP contribution in [0, 0.1) is 0 Å². The molecule has 7 nitrogen and oxygen atoms in total. The molecule has 6 rings (SSSR count). The molecule has 1 amide bonds. The number of aromatic nitrogens is 2. The molecule has 0 N–H and O–H groups in total. The van der Waals surface area contributed by atoms with Crippen molar-refractivity contribution < 1.29 is 13.9 Å². The van der Waals surface area contributed by atoms with Gasteiger partial charge in [-0.2, -0.15) is 4.59 Å². The average Bonchev–Trinajstić information content (AvgIpc) is 3.63. The first-order chi connectivity index (χ1) is 15.7. The molecule has 0 spiro atoms. The summed E-state index contributed by atoms with van der Waals surface area (Å²) in [7, 11) is 0. The molecule has 4 aliphatic heterocycles. The number of fused-ring (bicyclic) bond motifs is 1. The topological polar surface area (TPSA) is 62.5 Å². The molecule has 4 aliphatic rings. The van der Waals surface area contributed by atoms with E-state index in [1.165, 1.54) is 5.70 Å². The summed E-state index contributed by atoms with van der Waals surface area (Å²) in [6.07, 6.45) is 14.3. The molecule has 2 saturated heterocycles. The lowest BCUT2D eigenvalue weighted by Gasteiger charge is -2.42. The number of amides is 1. The molecule has 8 heteroatoms. The van der Waals surface area contributed by atoms with Crippen LogP contribution in [-0.4, -0.2) is 68.4 Å². The van der Waals surface area contributed by atoms with Gasteiger partial charge in [-0.1, -0.05) is 11.2 Å². The highest BCUT2D eigenvalue weighted by molar-refractivity contribution is 7.99. The third kappa shape index (κ3) is 3.25. The van der Waals surface area contributed by atoms with E-state index in [9.17, 15) is 4.79 Å². The van der Waals surface area contributed by atoms with Gasteiger partial charge in [-0.15, -0.1) is 16.8 Å². The van der Waals surface area contributed by atoms with Gasteiger partial charge in [0.25, 0.3) is 5.91 Å². The Balaban J connectivity index is 1.17. The quantitative estimate of drug-likeness (QED) is 0.667. The summed E-state index contributed by atoms with van der Waals surface area (Å²) in [5, 5.41) is 6.59. The third-order valence-corrected chi connectivity index (χ3v) is 7.97. The lowest BCUT2D eigenvalue weighted by Crippen LogP contribution is -2.56. The number of hydrogen-bond donors (Lipinski definition) is 0. The fourth-order valence-electron chi connectivity index (χ4n) is 5.31. The predicted molar refractivity (Wildman–Crippen MR) is 123 cm³/mol.